The highest BCUT2D eigenvalue weighted by Gasteiger charge is 2.19. The lowest BCUT2D eigenvalue weighted by atomic mass is 9.98. The molecule has 0 spiro atoms. The van der Waals surface area contributed by atoms with Crippen LogP contribution in [0, 0.1) is 0 Å². The van der Waals surface area contributed by atoms with E-state index in [2.05, 4.69) is 22.4 Å². The molecule has 2 N–H and O–H groups in total. The second-order valence-electron chi connectivity index (χ2n) is 3.03. The Morgan fingerprint density at radius 2 is 2.25 bits per heavy atom. The van der Waals surface area contributed by atoms with Gasteiger partial charge in [-0.05, 0) is 23.8 Å². The summed E-state index contributed by atoms with van der Waals surface area (Å²) in [6, 6.07) is 0.0969. The molecule has 0 aliphatic carbocycles. The van der Waals surface area contributed by atoms with Gasteiger partial charge in [-0.3, -0.25) is 0 Å². The zero-order valence-electron chi connectivity index (χ0n) is 7.73. The summed E-state index contributed by atoms with van der Waals surface area (Å²) >= 11 is 0. The van der Waals surface area contributed by atoms with Crippen LogP contribution in [0.3, 0.4) is 0 Å². The van der Waals surface area contributed by atoms with E-state index in [-0.39, 0.29) is 12.0 Å². The van der Waals surface area contributed by atoms with E-state index < -0.39 is 0 Å². The van der Waals surface area contributed by atoms with Crippen LogP contribution in [-0.2, 0) is 7.05 Å². The van der Waals surface area contributed by atoms with Crippen LogP contribution in [0.4, 0.5) is 0 Å². The predicted octanol–water partition coefficient (Wildman–Crippen LogP) is 0.0509. The summed E-state index contributed by atoms with van der Waals surface area (Å²) in [5.41, 5.74) is 5.80. The van der Waals surface area contributed by atoms with Crippen molar-refractivity contribution in [3.05, 3.63) is 5.82 Å². The van der Waals surface area contributed by atoms with Crippen molar-refractivity contribution in [3.63, 3.8) is 0 Å². The van der Waals surface area contributed by atoms with Gasteiger partial charge in [0.2, 0.25) is 0 Å². The molecule has 0 radical (unpaired) electrons. The molecule has 12 heavy (non-hydrogen) atoms. The van der Waals surface area contributed by atoms with Gasteiger partial charge in [0.05, 0.1) is 0 Å². The molecule has 1 aromatic rings. The fraction of sp³-hybridized carbons (Fsp3) is 0.857. The largest absolute Gasteiger partial charge is 0.327 e. The van der Waals surface area contributed by atoms with Crippen LogP contribution >= 0.6 is 0 Å². The highest BCUT2D eigenvalue weighted by molar-refractivity contribution is 4.96. The number of hydrogen-bond donors (Lipinski definition) is 1. The Hall–Kier alpha value is -0.970. The van der Waals surface area contributed by atoms with Crippen LogP contribution < -0.4 is 5.73 Å². The second-order valence-corrected chi connectivity index (χ2v) is 3.03. The molecule has 0 bridgehead atoms. The van der Waals surface area contributed by atoms with Gasteiger partial charge in [-0.25, -0.2) is 4.68 Å². The number of aryl methyl sites for hydroxylation is 1. The lowest BCUT2D eigenvalue weighted by Gasteiger charge is -2.16. The van der Waals surface area contributed by atoms with Crippen LogP contribution in [0.15, 0.2) is 0 Å². The third kappa shape index (κ3) is 1.61. The van der Waals surface area contributed by atoms with Gasteiger partial charge >= 0.3 is 0 Å². The van der Waals surface area contributed by atoms with Gasteiger partial charge in [0.1, 0.15) is 0 Å². The van der Waals surface area contributed by atoms with Gasteiger partial charge in [0, 0.05) is 19.0 Å². The van der Waals surface area contributed by atoms with E-state index in [4.69, 9.17) is 5.73 Å². The predicted molar refractivity (Wildman–Crippen MR) is 45.5 cm³/mol. The van der Waals surface area contributed by atoms with Crippen LogP contribution in [0.1, 0.15) is 32.0 Å². The average Bonchev–Trinajstić information content (AvgIpc) is 2.38. The second kappa shape index (κ2) is 3.62. The SMILES string of the molecule is CCC(c1nnnn1C)C(C)N. The minimum Gasteiger partial charge on any atom is -0.327 e. The fourth-order valence-corrected chi connectivity index (χ4v) is 1.34. The van der Waals surface area contributed by atoms with Crippen molar-refractivity contribution in [2.75, 3.05) is 0 Å². The summed E-state index contributed by atoms with van der Waals surface area (Å²) < 4.78 is 1.68. The van der Waals surface area contributed by atoms with E-state index in [0.29, 0.717) is 0 Å². The van der Waals surface area contributed by atoms with Crippen molar-refractivity contribution < 1.29 is 0 Å². The summed E-state index contributed by atoms with van der Waals surface area (Å²) in [6.07, 6.45) is 0.964. The van der Waals surface area contributed by atoms with E-state index in [1.165, 1.54) is 0 Å². The summed E-state index contributed by atoms with van der Waals surface area (Å²) in [6.45, 7) is 4.06. The van der Waals surface area contributed by atoms with E-state index in [1.54, 1.807) is 4.68 Å². The molecule has 0 amide bonds. The van der Waals surface area contributed by atoms with E-state index in [1.807, 2.05) is 14.0 Å². The van der Waals surface area contributed by atoms with Gasteiger partial charge < -0.3 is 5.73 Å². The monoisotopic (exact) mass is 169 g/mol. The number of aromatic nitrogens is 4. The van der Waals surface area contributed by atoms with Gasteiger partial charge in [-0.1, -0.05) is 6.92 Å². The number of hydrogen-bond acceptors (Lipinski definition) is 4. The molecule has 5 nitrogen and oxygen atoms in total. The maximum Gasteiger partial charge on any atom is 0.155 e. The molecule has 2 unspecified atom stereocenters. The molecule has 0 saturated heterocycles. The molecular weight excluding hydrogens is 154 g/mol. The first-order chi connectivity index (χ1) is 5.66. The molecular formula is C7H15N5. The molecule has 68 valence electrons. The molecule has 0 aliphatic rings. The molecule has 0 fully saturated rings. The van der Waals surface area contributed by atoms with Crippen LogP contribution in [0.2, 0.25) is 0 Å². The minimum absolute atomic E-state index is 0.0969. The topological polar surface area (TPSA) is 69.6 Å². The molecule has 0 aliphatic heterocycles. The van der Waals surface area contributed by atoms with Gasteiger partial charge in [-0.2, -0.15) is 0 Å². The van der Waals surface area contributed by atoms with E-state index in [9.17, 15) is 0 Å². The number of rotatable bonds is 3. The van der Waals surface area contributed by atoms with Gasteiger partial charge in [0.25, 0.3) is 0 Å². The number of nitrogens with zero attached hydrogens (tertiary/aromatic N) is 4. The summed E-state index contributed by atoms with van der Waals surface area (Å²) in [4.78, 5) is 0. The Balaban J connectivity index is 2.87. The molecule has 0 saturated carbocycles. The Kier molecular flexibility index (Phi) is 2.75. The summed E-state index contributed by atoms with van der Waals surface area (Å²) in [5, 5.41) is 11.3. The van der Waals surface area contributed by atoms with E-state index >= 15 is 0 Å². The lowest BCUT2D eigenvalue weighted by molar-refractivity contribution is 0.499. The highest BCUT2D eigenvalue weighted by Crippen LogP contribution is 2.18. The number of tetrazole rings is 1. The Labute approximate surface area is 71.9 Å². The van der Waals surface area contributed by atoms with E-state index in [0.717, 1.165) is 12.2 Å². The lowest BCUT2D eigenvalue weighted by Crippen LogP contribution is -2.26. The zero-order valence-corrected chi connectivity index (χ0v) is 7.73. The first-order valence-corrected chi connectivity index (χ1v) is 4.14. The average molecular weight is 169 g/mol. The maximum absolute atomic E-state index is 5.80. The standard InChI is InChI=1S/C7H15N5/c1-4-6(5(2)8)7-9-10-11-12(7)3/h5-6H,4,8H2,1-3H3. The normalized spacial score (nSPS) is 16.0. The first kappa shape index (κ1) is 9.12. The first-order valence-electron chi connectivity index (χ1n) is 4.14. The van der Waals surface area contributed by atoms with Gasteiger partial charge in [-0.15, -0.1) is 5.10 Å². The third-order valence-electron chi connectivity index (χ3n) is 2.06. The van der Waals surface area contributed by atoms with Crippen molar-refractivity contribution in [1.29, 1.82) is 0 Å². The smallest absolute Gasteiger partial charge is 0.155 e. The van der Waals surface area contributed by atoms with Crippen molar-refractivity contribution in [2.45, 2.75) is 32.2 Å². The molecule has 1 heterocycles. The Morgan fingerprint density at radius 3 is 2.58 bits per heavy atom. The fourth-order valence-electron chi connectivity index (χ4n) is 1.34. The van der Waals surface area contributed by atoms with Crippen molar-refractivity contribution >= 4 is 0 Å². The van der Waals surface area contributed by atoms with Crippen molar-refractivity contribution in [1.82, 2.24) is 20.2 Å². The minimum atomic E-state index is 0.0969. The van der Waals surface area contributed by atoms with Crippen molar-refractivity contribution in [2.24, 2.45) is 12.8 Å². The molecule has 5 heteroatoms. The van der Waals surface area contributed by atoms with Gasteiger partial charge in [0.15, 0.2) is 5.82 Å². The molecule has 1 rings (SSSR count). The van der Waals surface area contributed by atoms with Crippen LogP contribution in [0.25, 0.3) is 0 Å². The highest BCUT2D eigenvalue weighted by atomic mass is 15.5. The molecule has 2 atom stereocenters. The molecule has 0 aromatic carbocycles. The Bertz CT molecular complexity index is 242. The summed E-state index contributed by atoms with van der Waals surface area (Å²) in [7, 11) is 1.83. The molecule has 1 aromatic heterocycles. The quantitative estimate of drug-likeness (QED) is 0.694. The maximum atomic E-state index is 5.80. The third-order valence-corrected chi connectivity index (χ3v) is 2.06. The zero-order chi connectivity index (χ0) is 9.14. The van der Waals surface area contributed by atoms with Crippen LogP contribution in [0.5, 0.6) is 0 Å². The summed E-state index contributed by atoms with van der Waals surface area (Å²) in [5.74, 6) is 1.12. The number of nitrogens with two attached hydrogens (primary N) is 1. The van der Waals surface area contributed by atoms with Crippen molar-refractivity contribution in [3.8, 4) is 0 Å². The Morgan fingerprint density at radius 1 is 1.58 bits per heavy atom. The van der Waals surface area contributed by atoms with Crippen LogP contribution in [-0.4, -0.2) is 26.2 Å².